The summed E-state index contributed by atoms with van der Waals surface area (Å²) in [6.07, 6.45) is 3.62. The SMILES string of the molecule is C#C[C@@H](O)[C@@H](O[C@@H](CO)COC(Cc1ccccc1)(C(=O)O)C(=O)O)n1cnc2c(N(CCO)C3CC3)nc(Cl)nc21. The zero-order valence-electron chi connectivity index (χ0n) is 22.3. The van der Waals surface area contributed by atoms with Gasteiger partial charge in [0.25, 0.3) is 5.60 Å². The third-order valence-electron chi connectivity index (χ3n) is 6.73. The number of carboxylic acids is 2. The van der Waals surface area contributed by atoms with Crippen LogP contribution in [0.25, 0.3) is 11.2 Å². The fourth-order valence-corrected chi connectivity index (χ4v) is 4.62. The van der Waals surface area contributed by atoms with Gasteiger partial charge in [-0.05, 0) is 30.0 Å². The van der Waals surface area contributed by atoms with Gasteiger partial charge >= 0.3 is 11.9 Å². The van der Waals surface area contributed by atoms with Gasteiger partial charge in [0.2, 0.25) is 5.28 Å². The second kappa shape index (κ2) is 13.4. The molecule has 1 aliphatic carbocycles. The smallest absolute Gasteiger partial charge is 0.348 e. The number of aliphatic hydroxyl groups excluding tert-OH is 3. The Balaban J connectivity index is 1.63. The minimum Gasteiger partial charge on any atom is -0.479 e. The number of carbonyl (C=O) groups is 2. The predicted molar refractivity (Wildman–Crippen MR) is 148 cm³/mol. The molecule has 3 atom stereocenters. The Bertz CT molecular complexity index is 1430. The third-order valence-corrected chi connectivity index (χ3v) is 6.90. The maximum absolute atomic E-state index is 12.2. The lowest BCUT2D eigenvalue weighted by Gasteiger charge is -2.30. The molecule has 2 heterocycles. The van der Waals surface area contributed by atoms with E-state index >= 15 is 0 Å². The number of rotatable bonds is 16. The molecule has 1 fully saturated rings. The van der Waals surface area contributed by atoms with E-state index in [0.29, 0.717) is 11.4 Å². The van der Waals surface area contributed by atoms with E-state index in [-0.39, 0.29) is 35.6 Å². The Morgan fingerprint density at radius 3 is 2.45 bits per heavy atom. The molecule has 0 spiro atoms. The van der Waals surface area contributed by atoms with Crippen LogP contribution in [0.1, 0.15) is 24.6 Å². The highest BCUT2D eigenvalue weighted by atomic mass is 35.5. The van der Waals surface area contributed by atoms with Gasteiger partial charge in [0.15, 0.2) is 29.3 Å². The molecule has 0 unspecified atom stereocenters. The Hall–Kier alpha value is -3.84. The zero-order chi connectivity index (χ0) is 30.4. The monoisotopic (exact) mass is 603 g/mol. The lowest BCUT2D eigenvalue weighted by atomic mass is 9.94. The topological polar surface area (TPSA) is 201 Å². The second-order valence-corrected chi connectivity index (χ2v) is 9.98. The van der Waals surface area contributed by atoms with E-state index in [1.807, 2.05) is 4.90 Å². The Labute approximate surface area is 245 Å². The van der Waals surface area contributed by atoms with Gasteiger partial charge in [-0.2, -0.15) is 9.97 Å². The molecule has 4 rings (SSSR count). The van der Waals surface area contributed by atoms with Crippen LogP contribution < -0.4 is 4.90 Å². The van der Waals surface area contributed by atoms with Crippen LogP contribution in [0.3, 0.4) is 0 Å². The lowest BCUT2D eigenvalue weighted by Crippen LogP contribution is -2.52. The molecule has 1 aromatic carbocycles. The minimum absolute atomic E-state index is 0.125. The summed E-state index contributed by atoms with van der Waals surface area (Å²) in [5.41, 5.74) is -1.90. The standard InChI is InChI=1S/C27H30ClN5O9/c1-2-19(36)23(33-15-29-20-21(30-26(28)31-22(20)33)32(10-11-34)17-8-9-17)42-18(13-35)14-41-27(24(37)38,25(39)40)12-16-6-4-3-5-7-16/h1,3-7,15,17-19,23,34-36H,8-14H2,(H,37,38)(H,39,40)/t18-,19+,23+/m0/s1. The van der Waals surface area contributed by atoms with Gasteiger partial charge < -0.3 is 39.9 Å². The summed E-state index contributed by atoms with van der Waals surface area (Å²) in [6, 6.07) is 8.19. The number of hydrogen-bond acceptors (Lipinski definition) is 11. The highest BCUT2D eigenvalue weighted by molar-refractivity contribution is 6.28. The minimum atomic E-state index is -2.70. The number of nitrogens with zero attached hydrogens (tertiary/aromatic N) is 5. The van der Waals surface area contributed by atoms with Gasteiger partial charge in [0, 0.05) is 19.0 Å². The Morgan fingerprint density at radius 2 is 1.88 bits per heavy atom. The van der Waals surface area contributed by atoms with Crippen molar-refractivity contribution in [3.63, 3.8) is 0 Å². The third kappa shape index (κ3) is 6.62. The van der Waals surface area contributed by atoms with Gasteiger partial charge in [-0.25, -0.2) is 14.6 Å². The maximum atomic E-state index is 12.2. The number of benzene rings is 1. The summed E-state index contributed by atoms with van der Waals surface area (Å²) < 4.78 is 12.6. The first-order chi connectivity index (χ1) is 20.1. The molecule has 0 aliphatic heterocycles. The quantitative estimate of drug-likeness (QED) is 0.0860. The summed E-state index contributed by atoms with van der Waals surface area (Å²) >= 11 is 6.23. The normalized spacial score (nSPS) is 15.6. The van der Waals surface area contributed by atoms with Gasteiger partial charge in [0.1, 0.15) is 6.10 Å². The number of ether oxygens (including phenoxy) is 2. The molecule has 2 aromatic heterocycles. The summed E-state index contributed by atoms with van der Waals surface area (Å²) in [6.45, 7) is -1.32. The molecule has 15 heteroatoms. The molecule has 1 saturated carbocycles. The summed E-state index contributed by atoms with van der Waals surface area (Å²) in [4.78, 5) is 39.1. The van der Waals surface area contributed by atoms with Crippen LogP contribution in [0.15, 0.2) is 36.7 Å². The zero-order valence-corrected chi connectivity index (χ0v) is 23.0. The van der Waals surface area contributed by atoms with E-state index in [9.17, 15) is 35.1 Å². The highest BCUT2D eigenvalue weighted by Gasteiger charge is 2.49. The molecule has 0 saturated heterocycles. The van der Waals surface area contributed by atoms with Crippen LogP contribution in [0.4, 0.5) is 5.82 Å². The van der Waals surface area contributed by atoms with Crippen molar-refractivity contribution in [1.82, 2.24) is 19.5 Å². The molecular weight excluding hydrogens is 574 g/mol. The lowest BCUT2D eigenvalue weighted by molar-refractivity contribution is -0.195. The summed E-state index contributed by atoms with van der Waals surface area (Å²) in [5.74, 6) is -0.997. The Kier molecular flexibility index (Phi) is 9.94. The number of terminal acetylenes is 1. The van der Waals surface area contributed by atoms with Crippen molar-refractivity contribution in [2.24, 2.45) is 0 Å². The first kappa shape index (κ1) is 31.1. The van der Waals surface area contributed by atoms with Crippen LogP contribution in [-0.4, -0.2) is 107 Å². The van der Waals surface area contributed by atoms with Crippen LogP contribution in [-0.2, 0) is 25.5 Å². The molecule has 0 amide bonds. The van der Waals surface area contributed by atoms with E-state index in [1.165, 1.54) is 10.9 Å². The number of carboxylic acid groups (broad SMARTS) is 2. The number of fused-ring (bicyclic) bond motifs is 1. The van der Waals surface area contributed by atoms with E-state index in [4.69, 9.17) is 27.5 Å². The predicted octanol–water partition coefficient (Wildman–Crippen LogP) is 0.478. The molecule has 224 valence electrons. The Morgan fingerprint density at radius 1 is 1.19 bits per heavy atom. The molecule has 0 radical (unpaired) electrons. The van der Waals surface area contributed by atoms with E-state index in [0.717, 1.165) is 12.8 Å². The van der Waals surface area contributed by atoms with Crippen molar-refractivity contribution in [2.45, 2.75) is 49.3 Å². The van der Waals surface area contributed by atoms with Crippen molar-refractivity contribution in [1.29, 1.82) is 0 Å². The highest BCUT2D eigenvalue weighted by Crippen LogP contribution is 2.35. The largest absolute Gasteiger partial charge is 0.479 e. The van der Waals surface area contributed by atoms with Gasteiger partial charge in [-0.1, -0.05) is 36.3 Å². The number of halogens is 1. The molecular formula is C27H30ClN5O9. The maximum Gasteiger partial charge on any atom is 0.348 e. The second-order valence-electron chi connectivity index (χ2n) is 9.64. The van der Waals surface area contributed by atoms with Crippen LogP contribution in [0.2, 0.25) is 5.28 Å². The van der Waals surface area contributed by atoms with Crippen LogP contribution in [0.5, 0.6) is 0 Å². The average molecular weight is 604 g/mol. The van der Waals surface area contributed by atoms with E-state index in [1.54, 1.807) is 30.3 Å². The fourth-order valence-electron chi connectivity index (χ4n) is 4.46. The molecule has 5 N–H and O–H groups in total. The number of aromatic nitrogens is 4. The first-order valence-electron chi connectivity index (χ1n) is 13.0. The molecule has 42 heavy (non-hydrogen) atoms. The van der Waals surface area contributed by atoms with E-state index in [2.05, 4.69) is 20.9 Å². The average Bonchev–Trinajstić information content (AvgIpc) is 3.74. The van der Waals surface area contributed by atoms with Crippen molar-refractivity contribution in [2.75, 3.05) is 31.3 Å². The fraction of sp³-hybridized carbons (Fsp3) is 0.444. The number of aliphatic carboxylic acids is 2. The molecule has 1 aliphatic rings. The molecule has 3 aromatic rings. The van der Waals surface area contributed by atoms with Crippen LogP contribution in [0, 0.1) is 12.3 Å². The number of aliphatic hydroxyl groups is 3. The number of imidazole rings is 1. The molecule has 14 nitrogen and oxygen atoms in total. The summed E-state index contributed by atoms with van der Waals surface area (Å²) in [7, 11) is 0. The van der Waals surface area contributed by atoms with Crippen LogP contribution >= 0.6 is 11.6 Å². The van der Waals surface area contributed by atoms with Gasteiger partial charge in [0.05, 0.1) is 26.1 Å². The summed E-state index contributed by atoms with van der Waals surface area (Å²) in [5, 5.41) is 49.9. The van der Waals surface area contributed by atoms with Gasteiger partial charge in [-0.3, -0.25) is 4.57 Å². The molecule has 0 bridgehead atoms. The number of anilines is 1. The van der Waals surface area contributed by atoms with Crippen molar-refractivity contribution in [3.8, 4) is 12.3 Å². The van der Waals surface area contributed by atoms with Crippen molar-refractivity contribution in [3.05, 3.63) is 47.5 Å². The van der Waals surface area contributed by atoms with Crippen molar-refractivity contribution < 1.29 is 44.6 Å². The van der Waals surface area contributed by atoms with Crippen molar-refractivity contribution >= 4 is 40.5 Å². The van der Waals surface area contributed by atoms with E-state index < -0.39 is 55.6 Å². The van der Waals surface area contributed by atoms with Gasteiger partial charge in [-0.15, -0.1) is 6.42 Å². The first-order valence-corrected chi connectivity index (χ1v) is 13.4. The number of hydrogen-bond donors (Lipinski definition) is 5.